The number of hydrogen-bond donors (Lipinski definition) is 2. The molecule has 0 spiro atoms. The van der Waals surface area contributed by atoms with Crippen molar-refractivity contribution in [1.29, 1.82) is 0 Å². The number of rotatable bonds is 4. The topological polar surface area (TPSA) is 80.7 Å². The molecule has 0 aliphatic rings. The molecule has 0 aromatic rings. The predicted octanol–water partition coefficient (Wildman–Crippen LogP) is -0.905. The molecule has 0 aliphatic heterocycles. The fourth-order valence-corrected chi connectivity index (χ4v) is 1.34. The number of carboxylic acid groups (broad SMARTS) is 1. The molecule has 0 bridgehead atoms. The first kappa shape index (κ1) is 10.9. The van der Waals surface area contributed by atoms with Crippen LogP contribution in [0, 0.1) is 0 Å². The second-order valence-corrected chi connectivity index (χ2v) is 3.18. The minimum Gasteiger partial charge on any atom is -0.760 e. The summed E-state index contributed by atoms with van der Waals surface area (Å²) in [5.74, 6) is -1.24. The van der Waals surface area contributed by atoms with Crippen LogP contribution in [0.15, 0.2) is 0 Å². The van der Waals surface area contributed by atoms with Gasteiger partial charge in [0.25, 0.3) is 0 Å². The number of carbonyl (C=O) groups is 1. The molecule has 0 aliphatic carbocycles. The van der Waals surface area contributed by atoms with Crippen LogP contribution < -0.4 is 0 Å². The molecule has 2 atom stereocenters. The second kappa shape index (κ2) is 4.70. The van der Waals surface area contributed by atoms with E-state index in [4.69, 9.17) is 5.11 Å². The highest BCUT2D eigenvalue weighted by molar-refractivity contribution is 7.80. The maximum atomic E-state index is 10.3. The quantitative estimate of drug-likeness (QED) is 0.453. The molecule has 0 radical (unpaired) electrons. The van der Waals surface area contributed by atoms with E-state index in [2.05, 4.69) is 12.6 Å². The van der Waals surface area contributed by atoms with E-state index in [1.807, 2.05) is 0 Å². The van der Waals surface area contributed by atoms with E-state index in [0.29, 0.717) is 4.31 Å². The lowest BCUT2D eigenvalue weighted by molar-refractivity contribution is -0.140. The molecule has 5 nitrogen and oxygen atoms in total. The van der Waals surface area contributed by atoms with Crippen molar-refractivity contribution in [2.24, 2.45) is 0 Å². The Morgan fingerprint density at radius 3 is 2.45 bits per heavy atom. The van der Waals surface area contributed by atoms with E-state index in [1.54, 1.807) is 0 Å². The van der Waals surface area contributed by atoms with Crippen molar-refractivity contribution in [2.75, 3.05) is 12.8 Å². The van der Waals surface area contributed by atoms with Crippen LogP contribution in [-0.2, 0) is 16.1 Å². The van der Waals surface area contributed by atoms with E-state index >= 15 is 0 Å². The van der Waals surface area contributed by atoms with Crippen LogP contribution in [0.2, 0.25) is 0 Å². The summed E-state index contributed by atoms with van der Waals surface area (Å²) in [5.41, 5.74) is 0. The molecule has 0 aromatic carbocycles. The molecule has 0 aromatic heterocycles. The van der Waals surface area contributed by atoms with Crippen molar-refractivity contribution in [1.82, 2.24) is 4.31 Å². The third kappa shape index (κ3) is 3.19. The van der Waals surface area contributed by atoms with Crippen molar-refractivity contribution < 1.29 is 18.7 Å². The van der Waals surface area contributed by atoms with Crippen molar-refractivity contribution >= 4 is 29.9 Å². The maximum absolute atomic E-state index is 10.3. The molecule has 0 amide bonds. The van der Waals surface area contributed by atoms with Crippen LogP contribution in [0.4, 0.5) is 0 Å². The maximum Gasteiger partial charge on any atom is 0.322 e. The standard InChI is InChI=1S/C4H9NO4S2/c1-5(11(8)9)3(2-10)4(6)7/h3,10H,2H2,1H3,(H,6,7)(H,8,9)/p-1. The molecular weight excluding hydrogens is 190 g/mol. The van der Waals surface area contributed by atoms with Gasteiger partial charge in [0.15, 0.2) is 0 Å². The van der Waals surface area contributed by atoms with Crippen LogP contribution in [0.25, 0.3) is 0 Å². The van der Waals surface area contributed by atoms with E-state index in [1.165, 1.54) is 7.05 Å². The van der Waals surface area contributed by atoms with Gasteiger partial charge in [-0.15, -0.1) is 0 Å². The number of carboxylic acids is 1. The average molecular weight is 198 g/mol. The zero-order valence-corrected chi connectivity index (χ0v) is 7.47. The minimum atomic E-state index is -2.51. The van der Waals surface area contributed by atoms with Gasteiger partial charge in [0.1, 0.15) is 6.04 Å². The van der Waals surface area contributed by atoms with Gasteiger partial charge in [-0.25, -0.2) is 4.31 Å². The zero-order valence-electron chi connectivity index (χ0n) is 5.76. The Morgan fingerprint density at radius 1 is 1.91 bits per heavy atom. The van der Waals surface area contributed by atoms with Gasteiger partial charge in [0.05, 0.1) is 0 Å². The number of nitrogens with zero attached hydrogens (tertiary/aromatic N) is 1. The lowest BCUT2D eigenvalue weighted by Gasteiger charge is -2.24. The molecule has 7 heteroatoms. The Hall–Kier alpha value is -0.110. The first-order valence-corrected chi connectivity index (χ1v) is 4.33. The first-order chi connectivity index (χ1) is 5.00. The highest BCUT2D eigenvalue weighted by Gasteiger charge is 2.20. The van der Waals surface area contributed by atoms with Crippen LogP contribution in [0.3, 0.4) is 0 Å². The van der Waals surface area contributed by atoms with Crippen molar-refractivity contribution in [3.8, 4) is 0 Å². The smallest absolute Gasteiger partial charge is 0.322 e. The van der Waals surface area contributed by atoms with Crippen LogP contribution >= 0.6 is 12.6 Å². The summed E-state index contributed by atoms with van der Waals surface area (Å²) in [5, 5.41) is 8.43. The van der Waals surface area contributed by atoms with Gasteiger partial charge in [-0.3, -0.25) is 9.00 Å². The summed E-state index contributed by atoms with van der Waals surface area (Å²) < 4.78 is 21.2. The predicted molar refractivity (Wildman–Crippen MR) is 42.0 cm³/mol. The zero-order chi connectivity index (χ0) is 9.02. The monoisotopic (exact) mass is 198 g/mol. The molecule has 0 saturated carbocycles. The van der Waals surface area contributed by atoms with Crippen LogP contribution in [0.1, 0.15) is 0 Å². The van der Waals surface area contributed by atoms with Gasteiger partial charge in [-0.1, -0.05) is 0 Å². The Balaban J connectivity index is 4.25. The summed E-state index contributed by atoms with van der Waals surface area (Å²) in [4.78, 5) is 10.3. The number of thiol groups is 1. The Bertz CT molecular complexity index is 173. The SMILES string of the molecule is CN(C(CS)C(=O)O)S(=O)[O-]. The van der Waals surface area contributed by atoms with Crippen LogP contribution in [-0.4, -0.2) is 43.0 Å². The molecule has 0 heterocycles. The minimum absolute atomic E-state index is 0.0419. The summed E-state index contributed by atoms with van der Waals surface area (Å²) in [6, 6.07) is -1.09. The van der Waals surface area contributed by atoms with Gasteiger partial charge in [-0.2, -0.15) is 12.6 Å². The lowest BCUT2D eigenvalue weighted by atomic mass is 10.3. The van der Waals surface area contributed by atoms with E-state index in [0.717, 1.165) is 0 Å². The molecule has 11 heavy (non-hydrogen) atoms. The molecule has 0 saturated heterocycles. The second-order valence-electron chi connectivity index (χ2n) is 1.80. The summed E-state index contributed by atoms with van der Waals surface area (Å²) in [6.45, 7) is 0. The summed E-state index contributed by atoms with van der Waals surface area (Å²) in [6.07, 6.45) is 0. The molecular formula is C4H8NO4S2-. The third-order valence-electron chi connectivity index (χ3n) is 1.13. The fourth-order valence-electron chi connectivity index (χ4n) is 0.452. The molecule has 0 rings (SSSR count). The Morgan fingerprint density at radius 2 is 2.36 bits per heavy atom. The van der Waals surface area contributed by atoms with E-state index in [-0.39, 0.29) is 5.75 Å². The summed E-state index contributed by atoms with van der Waals surface area (Å²) in [7, 11) is 1.18. The fraction of sp³-hybridized carbons (Fsp3) is 0.750. The number of aliphatic carboxylic acids is 1. The van der Waals surface area contributed by atoms with Gasteiger partial charge >= 0.3 is 5.97 Å². The lowest BCUT2D eigenvalue weighted by Crippen LogP contribution is -2.40. The highest BCUT2D eigenvalue weighted by Crippen LogP contribution is 2.00. The largest absolute Gasteiger partial charge is 0.760 e. The van der Waals surface area contributed by atoms with Gasteiger partial charge in [0.2, 0.25) is 0 Å². The van der Waals surface area contributed by atoms with Crippen molar-refractivity contribution in [3.63, 3.8) is 0 Å². The van der Waals surface area contributed by atoms with Gasteiger partial charge in [0, 0.05) is 17.0 Å². The molecule has 1 N–H and O–H groups in total. The van der Waals surface area contributed by atoms with Crippen molar-refractivity contribution in [3.05, 3.63) is 0 Å². The van der Waals surface area contributed by atoms with Gasteiger partial charge < -0.3 is 9.66 Å². The molecule has 66 valence electrons. The Kier molecular flexibility index (Phi) is 4.66. The normalized spacial score (nSPS) is 16.4. The Labute approximate surface area is 72.2 Å². The third-order valence-corrected chi connectivity index (χ3v) is 2.20. The van der Waals surface area contributed by atoms with Crippen molar-refractivity contribution in [2.45, 2.75) is 6.04 Å². The van der Waals surface area contributed by atoms with E-state index in [9.17, 15) is 13.6 Å². The number of hydrogen-bond acceptors (Lipinski definition) is 4. The van der Waals surface area contributed by atoms with E-state index < -0.39 is 23.3 Å². The molecule has 0 fully saturated rings. The summed E-state index contributed by atoms with van der Waals surface area (Å²) >= 11 is 1.19. The van der Waals surface area contributed by atoms with Crippen LogP contribution in [0.5, 0.6) is 0 Å². The number of likely N-dealkylation sites (N-methyl/N-ethyl adjacent to an activating group) is 1. The highest BCUT2D eigenvalue weighted by atomic mass is 32.2. The molecule has 2 unspecified atom stereocenters. The van der Waals surface area contributed by atoms with Gasteiger partial charge in [-0.05, 0) is 7.05 Å². The average Bonchev–Trinajstić information content (AvgIpc) is 1.88. The first-order valence-electron chi connectivity index (χ1n) is 2.66.